The number of fused-ring (bicyclic) bond motifs is 1. The molecule has 0 saturated carbocycles. The van der Waals surface area contributed by atoms with Crippen LogP contribution < -0.4 is 10.7 Å². The van der Waals surface area contributed by atoms with E-state index in [1.807, 2.05) is 78.9 Å². The van der Waals surface area contributed by atoms with Gasteiger partial charge in [-0.3, -0.25) is 9.59 Å². The lowest BCUT2D eigenvalue weighted by Gasteiger charge is -2.18. The van der Waals surface area contributed by atoms with Crippen molar-refractivity contribution in [1.82, 2.24) is 10.7 Å². The average Bonchev–Trinajstić information content (AvgIpc) is 2.85. The lowest BCUT2D eigenvalue weighted by Crippen LogP contribution is -2.32. The third-order valence-corrected chi connectivity index (χ3v) is 5.15. The van der Waals surface area contributed by atoms with Crippen LogP contribution in [0, 0.1) is 0 Å². The highest BCUT2D eigenvalue weighted by Crippen LogP contribution is 2.18. The van der Waals surface area contributed by atoms with E-state index in [4.69, 9.17) is 0 Å². The molecule has 4 aromatic carbocycles. The lowest BCUT2D eigenvalue weighted by atomic mass is 10.0. The second-order valence-corrected chi connectivity index (χ2v) is 7.37. The molecule has 0 spiro atoms. The Kier molecular flexibility index (Phi) is 6.68. The van der Waals surface area contributed by atoms with E-state index in [1.165, 1.54) is 0 Å². The van der Waals surface area contributed by atoms with Crippen LogP contribution in [0.25, 0.3) is 10.8 Å². The van der Waals surface area contributed by atoms with E-state index in [9.17, 15) is 9.59 Å². The first-order valence-electron chi connectivity index (χ1n) is 10.4. The van der Waals surface area contributed by atoms with Crippen molar-refractivity contribution in [1.29, 1.82) is 0 Å². The van der Waals surface area contributed by atoms with Gasteiger partial charge in [0.2, 0.25) is 5.91 Å². The Morgan fingerprint density at radius 3 is 2.22 bits per heavy atom. The van der Waals surface area contributed by atoms with Gasteiger partial charge in [0.15, 0.2) is 0 Å². The van der Waals surface area contributed by atoms with E-state index in [-0.39, 0.29) is 18.2 Å². The Balaban J connectivity index is 1.45. The normalized spacial score (nSPS) is 11.9. The van der Waals surface area contributed by atoms with Crippen molar-refractivity contribution in [2.45, 2.75) is 12.5 Å². The summed E-state index contributed by atoms with van der Waals surface area (Å²) in [5.74, 6) is -0.518. The molecular formula is C27H23N3O2. The zero-order chi connectivity index (χ0) is 22.2. The molecular weight excluding hydrogens is 398 g/mol. The van der Waals surface area contributed by atoms with Gasteiger partial charge in [0, 0.05) is 11.1 Å². The molecule has 0 aromatic heterocycles. The van der Waals surface area contributed by atoms with E-state index in [0.717, 1.165) is 21.9 Å². The summed E-state index contributed by atoms with van der Waals surface area (Å²) in [5, 5.41) is 9.27. The molecule has 32 heavy (non-hydrogen) atoms. The summed E-state index contributed by atoms with van der Waals surface area (Å²) in [5.41, 5.74) is 4.90. The smallest absolute Gasteiger partial charge is 0.251 e. The number of carbonyl (C=O) groups excluding carboxylic acids is 2. The predicted octanol–water partition coefficient (Wildman–Crippen LogP) is 4.85. The number of hydrogen-bond acceptors (Lipinski definition) is 3. The highest BCUT2D eigenvalue weighted by atomic mass is 16.2. The lowest BCUT2D eigenvalue weighted by molar-refractivity contribution is -0.121. The average molecular weight is 422 g/mol. The van der Waals surface area contributed by atoms with Gasteiger partial charge in [-0.2, -0.15) is 5.10 Å². The van der Waals surface area contributed by atoms with E-state index < -0.39 is 6.04 Å². The second kappa shape index (κ2) is 10.2. The van der Waals surface area contributed by atoms with Crippen molar-refractivity contribution in [3.63, 3.8) is 0 Å². The minimum absolute atomic E-state index is 0.0649. The van der Waals surface area contributed by atoms with Crippen LogP contribution in [0.2, 0.25) is 0 Å². The SMILES string of the molecule is O=C(C[C@H](NC(=O)c1ccccc1)c1ccccc1)N/N=C\c1cccc2ccccc12. The number of amides is 2. The standard InChI is InChI=1S/C27H23N3O2/c31-26(30-28-19-23-16-9-15-20-10-7-8-17-24(20)23)18-25(21-11-3-1-4-12-21)29-27(32)22-13-5-2-6-14-22/h1-17,19,25H,18H2,(H,29,32)(H,30,31)/b28-19-/t25-/m0/s1. The first kappa shape index (κ1) is 21.0. The Hall–Kier alpha value is -4.25. The quantitative estimate of drug-likeness (QED) is 0.331. The van der Waals surface area contributed by atoms with Crippen molar-refractivity contribution in [3.8, 4) is 0 Å². The summed E-state index contributed by atoms with van der Waals surface area (Å²) in [6.07, 6.45) is 1.70. The van der Waals surface area contributed by atoms with Gasteiger partial charge >= 0.3 is 0 Å². The maximum absolute atomic E-state index is 12.7. The summed E-state index contributed by atoms with van der Waals surface area (Å²) in [6.45, 7) is 0. The van der Waals surface area contributed by atoms with E-state index >= 15 is 0 Å². The maximum Gasteiger partial charge on any atom is 0.251 e. The minimum atomic E-state index is -0.475. The molecule has 0 heterocycles. The fourth-order valence-electron chi connectivity index (χ4n) is 3.54. The molecule has 0 radical (unpaired) electrons. The minimum Gasteiger partial charge on any atom is -0.345 e. The van der Waals surface area contributed by atoms with E-state index in [0.29, 0.717) is 5.56 Å². The highest BCUT2D eigenvalue weighted by Gasteiger charge is 2.19. The summed E-state index contributed by atoms with van der Waals surface area (Å²) >= 11 is 0. The van der Waals surface area contributed by atoms with Crippen LogP contribution in [0.15, 0.2) is 108 Å². The van der Waals surface area contributed by atoms with Gasteiger partial charge in [-0.1, -0.05) is 91.0 Å². The molecule has 0 aliphatic heterocycles. The summed E-state index contributed by atoms with van der Waals surface area (Å²) in [4.78, 5) is 25.3. The number of benzene rings is 4. The molecule has 0 aliphatic rings. The Bertz CT molecular complexity index is 1230. The van der Waals surface area contributed by atoms with Crippen molar-refractivity contribution in [2.75, 3.05) is 0 Å². The van der Waals surface area contributed by atoms with Crippen LogP contribution in [-0.4, -0.2) is 18.0 Å². The van der Waals surface area contributed by atoms with Gasteiger partial charge in [0.25, 0.3) is 5.91 Å². The molecule has 0 saturated heterocycles. The number of hydrogen-bond donors (Lipinski definition) is 2. The van der Waals surface area contributed by atoms with Gasteiger partial charge in [-0.25, -0.2) is 5.43 Å². The number of carbonyl (C=O) groups is 2. The predicted molar refractivity (Wildman–Crippen MR) is 127 cm³/mol. The molecule has 2 N–H and O–H groups in total. The topological polar surface area (TPSA) is 70.6 Å². The fraction of sp³-hybridized carbons (Fsp3) is 0.0741. The van der Waals surface area contributed by atoms with Crippen LogP contribution in [-0.2, 0) is 4.79 Å². The van der Waals surface area contributed by atoms with Gasteiger partial charge in [0.05, 0.1) is 18.7 Å². The summed E-state index contributed by atoms with van der Waals surface area (Å²) < 4.78 is 0. The van der Waals surface area contributed by atoms with Crippen LogP contribution in [0.4, 0.5) is 0 Å². The molecule has 4 aromatic rings. The van der Waals surface area contributed by atoms with Crippen LogP contribution >= 0.6 is 0 Å². The van der Waals surface area contributed by atoms with Crippen LogP contribution in [0.1, 0.15) is 33.9 Å². The van der Waals surface area contributed by atoms with E-state index in [2.05, 4.69) is 15.8 Å². The highest BCUT2D eigenvalue weighted by molar-refractivity contribution is 6.00. The maximum atomic E-state index is 12.7. The molecule has 0 bridgehead atoms. The molecule has 5 heteroatoms. The Labute approximate surface area is 186 Å². The van der Waals surface area contributed by atoms with Gasteiger partial charge in [-0.15, -0.1) is 0 Å². The van der Waals surface area contributed by atoms with Crippen molar-refractivity contribution < 1.29 is 9.59 Å². The summed E-state index contributed by atoms with van der Waals surface area (Å²) in [7, 11) is 0. The zero-order valence-electron chi connectivity index (χ0n) is 17.4. The van der Waals surface area contributed by atoms with Crippen molar-refractivity contribution in [3.05, 3.63) is 120 Å². The number of nitrogens with one attached hydrogen (secondary N) is 2. The second-order valence-electron chi connectivity index (χ2n) is 7.37. The first-order chi connectivity index (χ1) is 15.7. The number of hydrazone groups is 1. The van der Waals surface area contributed by atoms with Crippen molar-refractivity contribution >= 4 is 28.8 Å². The monoisotopic (exact) mass is 421 g/mol. The molecule has 5 nitrogen and oxygen atoms in total. The third kappa shape index (κ3) is 5.26. The molecule has 0 aliphatic carbocycles. The molecule has 1 atom stereocenters. The van der Waals surface area contributed by atoms with E-state index in [1.54, 1.807) is 30.5 Å². The third-order valence-electron chi connectivity index (χ3n) is 5.15. The Morgan fingerprint density at radius 2 is 1.44 bits per heavy atom. The largest absolute Gasteiger partial charge is 0.345 e. The Morgan fingerprint density at radius 1 is 0.781 bits per heavy atom. The van der Waals surface area contributed by atoms with Gasteiger partial charge < -0.3 is 5.32 Å². The van der Waals surface area contributed by atoms with Gasteiger partial charge in [0.1, 0.15) is 0 Å². The molecule has 0 fully saturated rings. The van der Waals surface area contributed by atoms with Crippen LogP contribution in [0.3, 0.4) is 0 Å². The number of rotatable bonds is 7. The first-order valence-corrected chi connectivity index (χ1v) is 10.4. The van der Waals surface area contributed by atoms with Crippen LogP contribution in [0.5, 0.6) is 0 Å². The van der Waals surface area contributed by atoms with Gasteiger partial charge in [-0.05, 0) is 28.5 Å². The molecule has 2 amide bonds. The fourth-order valence-corrected chi connectivity index (χ4v) is 3.54. The zero-order valence-corrected chi connectivity index (χ0v) is 17.4. The summed E-state index contributed by atoms with van der Waals surface area (Å²) in [6, 6.07) is 31.9. The molecule has 158 valence electrons. The van der Waals surface area contributed by atoms with Crippen molar-refractivity contribution in [2.24, 2.45) is 5.10 Å². The number of nitrogens with zero attached hydrogens (tertiary/aromatic N) is 1. The molecule has 4 rings (SSSR count). The molecule has 0 unspecified atom stereocenters.